The fourth-order valence-electron chi connectivity index (χ4n) is 4.36. The maximum Gasteiger partial charge on any atom is 0.322 e. The number of aryl methyl sites for hydroxylation is 2. The van der Waals surface area contributed by atoms with Crippen LogP contribution in [-0.2, 0) is 0 Å². The molecule has 1 fully saturated rings. The van der Waals surface area contributed by atoms with E-state index in [1.807, 2.05) is 66.4 Å². The van der Waals surface area contributed by atoms with E-state index in [1.54, 1.807) is 0 Å². The fraction of sp³-hybridized carbons (Fsp3) is 0.259. The van der Waals surface area contributed by atoms with Crippen molar-refractivity contribution in [2.24, 2.45) is 4.99 Å². The van der Waals surface area contributed by atoms with Crippen molar-refractivity contribution in [1.82, 2.24) is 9.80 Å². The smallest absolute Gasteiger partial charge is 0.322 e. The van der Waals surface area contributed by atoms with Crippen molar-refractivity contribution in [2.45, 2.75) is 26.8 Å². The van der Waals surface area contributed by atoms with Gasteiger partial charge in [0.2, 0.25) is 0 Å². The molecule has 0 saturated carbocycles. The number of anilines is 1. The van der Waals surface area contributed by atoms with Crippen LogP contribution in [0.25, 0.3) is 0 Å². The first kappa shape index (κ1) is 21.1. The van der Waals surface area contributed by atoms with Crippen molar-refractivity contribution in [3.05, 3.63) is 83.4 Å². The number of aliphatic imine (C=N–C) groups is 1. The Hall–Kier alpha value is -3.80. The molecule has 0 radical (unpaired) electrons. The van der Waals surface area contributed by atoms with Gasteiger partial charge in [-0.3, -0.25) is 0 Å². The lowest BCUT2D eigenvalue weighted by Crippen LogP contribution is -2.56. The maximum atomic E-state index is 13.0. The van der Waals surface area contributed by atoms with Gasteiger partial charge < -0.3 is 19.9 Å². The Morgan fingerprint density at radius 3 is 2.52 bits per heavy atom. The molecule has 1 atom stereocenters. The van der Waals surface area contributed by atoms with E-state index in [0.717, 1.165) is 39.8 Å². The molecule has 0 spiro atoms. The first-order chi connectivity index (χ1) is 16.0. The van der Waals surface area contributed by atoms with E-state index in [2.05, 4.69) is 36.2 Å². The Kier molecular flexibility index (Phi) is 5.50. The number of carbonyl (C=O) groups excluding carboxylic acids is 1. The number of nitrogens with one attached hydrogen (secondary N) is 1. The predicted molar refractivity (Wildman–Crippen MR) is 132 cm³/mol. The van der Waals surface area contributed by atoms with E-state index in [4.69, 9.17) is 9.73 Å². The van der Waals surface area contributed by atoms with Gasteiger partial charge in [-0.2, -0.15) is 0 Å². The van der Waals surface area contributed by atoms with Gasteiger partial charge in [0, 0.05) is 31.4 Å². The van der Waals surface area contributed by atoms with Crippen LogP contribution in [0.15, 0.2) is 71.7 Å². The number of benzene rings is 3. The normalized spacial score (nSPS) is 17.3. The molecule has 5 rings (SSSR count). The van der Waals surface area contributed by atoms with Crippen molar-refractivity contribution in [1.29, 1.82) is 0 Å². The molecule has 6 nitrogen and oxygen atoms in total. The molecule has 0 aliphatic carbocycles. The van der Waals surface area contributed by atoms with E-state index in [0.29, 0.717) is 19.6 Å². The van der Waals surface area contributed by atoms with Crippen LogP contribution in [0.5, 0.6) is 11.5 Å². The molecule has 3 aromatic carbocycles. The van der Waals surface area contributed by atoms with Gasteiger partial charge in [-0.05, 0) is 57.2 Å². The number of hydrogen-bond donors (Lipinski definition) is 1. The standard InChI is InChI=1S/C27H28N4O2/c1-18-8-11-21(12-9-18)28-27(32)31-15-14-30(17-20(31)3)26-22-16-19(2)10-13-24(22)33-25-7-5-4-6-23(25)29-26/h4-13,16,20H,14-15,17H2,1-3H3,(H,28,32). The van der Waals surface area contributed by atoms with Gasteiger partial charge in [-0.25, -0.2) is 9.79 Å². The Bertz CT molecular complexity index is 1220. The number of hydrogen-bond acceptors (Lipinski definition) is 4. The van der Waals surface area contributed by atoms with E-state index < -0.39 is 0 Å². The summed E-state index contributed by atoms with van der Waals surface area (Å²) in [5, 5.41) is 3.03. The molecular formula is C27H28N4O2. The third-order valence-corrected chi connectivity index (χ3v) is 6.18. The van der Waals surface area contributed by atoms with Gasteiger partial charge in [0.25, 0.3) is 0 Å². The maximum absolute atomic E-state index is 13.0. The predicted octanol–water partition coefficient (Wildman–Crippen LogP) is 5.73. The minimum atomic E-state index is -0.0706. The Labute approximate surface area is 194 Å². The summed E-state index contributed by atoms with van der Waals surface area (Å²) in [6.07, 6.45) is 0. The number of piperazine rings is 1. The number of ether oxygens (including phenoxy) is 1. The molecule has 168 valence electrons. The molecule has 0 bridgehead atoms. The van der Waals surface area contributed by atoms with E-state index in [9.17, 15) is 4.79 Å². The van der Waals surface area contributed by atoms with E-state index in [-0.39, 0.29) is 12.1 Å². The third-order valence-electron chi connectivity index (χ3n) is 6.18. The average Bonchev–Trinajstić information content (AvgIpc) is 2.97. The van der Waals surface area contributed by atoms with Gasteiger partial charge in [-0.1, -0.05) is 41.5 Å². The summed E-state index contributed by atoms with van der Waals surface area (Å²) in [6.45, 7) is 8.19. The molecule has 2 aliphatic heterocycles. The van der Waals surface area contributed by atoms with E-state index >= 15 is 0 Å². The summed E-state index contributed by atoms with van der Waals surface area (Å²) in [5.41, 5.74) is 4.93. The lowest BCUT2D eigenvalue weighted by Gasteiger charge is -2.41. The van der Waals surface area contributed by atoms with E-state index in [1.165, 1.54) is 5.56 Å². The first-order valence-corrected chi connectivity index (χ1v) is 11.3. The molecule has 2 amide bonds. The Balaban J connectivity index is 1.39. The molecule has 1 unspecified atom stereocenters. The number of fused-ring (bicyclic) bond motifs is 2. The fourth-order valence-corrected chi connectivity index (χ4v) is 4.36. The van der Waals surface area contributed by atoms with Crippen LogP contribution in [0.2, 0.25) is 0 Å². The SMILES string of the molecule is Cc1ccc(NC(=O)N2CCN(C3=Nc4ccccc4Oc4ccc(C)cc43)CC2C)cc1. The van der Waals surface area contributed by atoms with Crippen LogP contribution < -0.4 is 10.1 Å². The summed E-state index contributed by atoms with van der Waals surface area (Å²) in [4.78, 5) is 22.1. The highest BCUT2D eigenvalue weighted by atomic mass is 16.5. The van der Waals surface area contributed by atoms with Crippen molar-refractivity contribution in [3.63, 3.8) is 0 Å². The summed E-state index contributed by atoms with van der Waals surface area (Å²) >= 11 is 0. The van der Waals surface area contributed by atoms with Crippen molar-refractivity contribution < 1.29 is 9.53 Å². The summed E-state index contributed by atoms with van der Waals surface area (Å²) in [5.74, 6) is 2.45. The van der Waals surface area contributed by atoms with Gasteiger partial charge in [0.05, 0.1) is 5.56 Å². The Morgan fingerprint density at radius 1 is 0.970 bits per heavy atom. The number of amidine groups is 1. The molecule has 0 aromatic heterocycles. The molecular weight excluding hydrogens is 412 g/mol. The quantitative estimate of drug-likeness (QED) is 0.526. The number of rotatable bonds is 1. The second-order valence-corrected chi connectivity index (χ2v) is 8.79. The first-order valence-electron chi connectivity index (χ1n) is 11.3. The molecule has 3 aromatic rings. The van der Waals surface area contributed by atoms with Crippen LogP contribution >= 0.6 is 0 Å². The van der Waals surface area contributed by atoms with Crippen LogP contribution in [0, 0.1) is 13.8 Å². The third kappa shape index (κ3) is 4.29. The zero-order chi connectivity index (χ0) is 22.9. The van der Waals surface area contributed by atoms with Crippen molar-refractivity contribution in [2.75, 3.05) is 25.0 Å². The van der Waals surface area contributed by atoms with Crippen LogP contribution in [0.4, 0.5) is 16.2 Å². The second kappa shape index (κ2) is 8.62. The zero-order valence-corrected chi connectivity index (χ0v) is 19.2. The topological polar surface area (TPSA) is 57.2 Å². The highest BCUT2D eigenvalue weighted by molar-refractivity contribution is 6.04. The zero-order valence-electron chi connectivity index (χ0n) is 19.2. The molecule has 1 N–H and O–H groups in total. The van der Waals surface area contributed by atoms with Crippen LogP contribution in [0.3, 0.4) is 0 Å². The monoisotopic (exact) mass is 440 g/mol. The summed E-state index contributed by atoms with van der Waals surface area (Å²) in [6, 6.07) is 21.9. The van der Waals surface area contributed by atoms with Gasteiger partial charge in [-0.15, -0.1) is 0 Å². The van der Waals surface area contributed by atoms with Gasteiger partial charge in [0.1, 0.15) is 17.3 Å². The largest absolute Gasteiger partial charge is 0.454 e. The highest BCUT2D eigenvalue weighted by Crippen LogP contribution is 2.38. The minimum absolute atomic E-state index is 0.0274. The summed E-state index contributed by atoms with van der Waals surface area (Å²) < 4.78 is 6.22. The number of carbonyl (C=O) groups is 1. The molecule has 2 aliphatic rings. The second-order valence-electron chi connectivity index (χ2n) is 8.79. The van der Waals surface area contributed by atoms with Crippen molar-refractivity contribution >= 4 is 23.2 Å². The lowest BCUT2D eigenvalue weighted by molar-refractivity contribution is 0.145. The molecule has 6 heteroatoms. The van der Waals surface area contributed by atoms with Gasteiger partial charge in [0.15, 0.2) is 5.75 Å². The van der Waals surface area contributed by atoms with Gasteiger partial charge >= 0.3 is 6.03 Å². The average molecular weight is 441 g/mol. The Morgan fingerprint density at radius 2 is 1.73 bits per heavy atom. The molecule has 2 heterocycles. The molecule has 33 heavy (non-hydrogen) atoms. The number of nitrogens with zero attached hydrogens (tertiary/aromatic N) is 3. The number of amides is 2. The van der Waals surface area contributed by atoms with Crippen LogP contribution in [0.1, 0.15) is 23.6 Å². The van der Waals surface area contributed by atoms with Crippen molar-refractivity contribution in [3.8, 4) is 11.5 Å². The molecule has 1 saturated heterocycles. The van der Waals surface area contributed by atoms with Crippen LogP contribution in [-0.4, -0.2) is 47.3 Å². The number of para-hydroxylation sites is 2. The minimum Gasteiger partial charge on any atom is -0.454 e. The highest BCUT2D eigenvalue weighted by Gasteiger charge is 2.31. The number of urea groups is 1. The lowest BCUT2D eigenvalue weighted by atomic mass is 10.1. The summed E-state index contributed by atoms with van der Waals surface area (Å²) in [7, 11) is 0.